The van der Waals surface area contributed by atoms with Gasteiger partial charge in [0, 0.05) is 43.9 Å². The quantitative estimate of drug-likeness (QED) is 0.773. The number of ether oxygens (including phenoxy) is 1. The van der Waals surface area contributed by atoms with Crippen LogP contribution in [0, 0.1) is 5.92 Å². The third-order valence-corrected chi connectivity index (χ3v) is 5.99. The molecule has 2 unspecified atom stereocenters. The van der Waals surface area contributed by atoms with Crippen molar-refractivity contribution >= 4 is 23.4 Å². The molecule has 0 aromatic carbocycles. The van der Waals surface area contributed by atoms with Gasteiger partial charge >= 0.3 is 0 Å². The fourth-order valence-corrected chi connectivity index (χ4v) is 4.52. The summed E-state index contributed by atoms with van der Waals surface area (Å²) in [5.74, 6) is 2.31. The number of nitrogens with zero attached hydrogens (tertiary/aromatic N) is 5. The van der Waals surface area contributed by atoms with Crippen LogP contribution in [-0.4, -0.2) is 76.6 Å². The molecule has 3 heterocycles. The first-order chi connectivity index (χ1) is 12.3. The maximum atomic E-state index is 5.42. The van der Waals surface area contributed by atoms with Crippen molar-refractivity contribution in [1.29, 1.82) is 0 Å². The molecule has 7 nitrogen and oxygen atoms in total. The molecule has 0 amide bonds. The van der Waals surface area contributed by atoms with Gasteiger partial charge in [0.05, 0.1) is 19.8 Å². The minimum Gasteiger partial charge on any atom is -0.379 e. The Balaban J connectivity index is 1.39. The molecule has 1 saturated heterocycles. The topological polar surface area (TPSA) is 67.6 Å². The highest BCUT2D eigenvalue weighted by atomic mass is 32.2. The summed E-state index contributed by atoms with van der Waals surface area (Å²) in [4.78, 5) is 12.0. The first-order valence-corrected chi connectivity index (χ1v) is 10.5. The van der Waals surface area contributed by atoms with E-state index in [4.69, 9.17) is 9.73 Å². The molecule has 3 aliphatic rings. The van der Waals surface area contributed by atoms with Gasteiger partial charge in [-0.15, -0.1) is 5.10 Å². The Bertz CT molecular complexity index is 612. The fourth-order valence-electron chi connectivity index (χ4n) is 3.96. The van der Waals surface area contributed by atoms with E-state index in [2.05, 4.69) is 27.2 Å². The Morgan fingerprint density at radius 3 is 3.00 bits per heavy atom. The zero-order chi connectivity index (χ0) is 17.1. The molecule has 138 valence electrons. The Hall–Kier alpha value is -0.960. The van der Waals surface area contributed by atoms with Crippen molar-refractivity contribution in [1.82, 2.24) is 25.0 Å². The first-order valence-electron chi connectivity index (χ1n) is 9.53. The maximum Gasteiger partial charge on any atom is 0.248 e. The predicted octanol–water partition coefficient (Wildman–Crippen LogP) is 1.57. The van der Waals surface area contributed by atoms with Gasteiger partial charge < -0.3 is 10.1 Å². The Morgan fingerprint density at radius 1 is 1.28 bits per heavy atom. The number of fused-ring (bicyclic) bond motifs is 2. The number of nitrogens with one attached hydrogen (secondary N) is 1. The number of rotatable bonds is 6. The summed E-state index contributed by atoms with van der Waals surface area (Å²) in [6.07, 6.45) is 3.67. The van der Waals surface area contributed by atoms with E-state index in [-0.39, 0.29) is 0 Å². The first kappa shape index (κ1) is 17.5. The minimum atomic E-state index is 0.396. The molecular weight excluding hydrogens is 336 g/mol. The molecule has 4 rings (SSSR count). The summed E-state index contributed by atoms with van der Waals surface area (Å²) in [7, 11) is 0. The van der Waals surface area contributed by atoms with Gasteiger partial charge in [0.25, 0.3) is 0 Å². The van der Waals surface area contributed by atoms with Crippen molar-refractivity contribution in [2.75, 3.05) is 45.1 Å². The molecule has 1 N–H and O–H groups in total. The monoisotopic (exact) mass is 364 g/mol. The molecule has 8 heteroatoms. The summed E-state index contributed by atoms with van der Waals surface area (Å²) in [5, 5.41) is 9.22. The van der Waals surface area contributed by atoms with E-state index in [1.807, 2.05) is 4.68 Å². The second kappa shape index (κ2) is 8.16. The number of morpholine rings is 1. The Kier molecular flexibility index (Phi) is 5.70. The van der Waals surface area contributed by atoms with Gasteiger partial charge in [0.2, 0.25) is 11.1 Å². The van der Waals surface area contributed by atoms with Crippen molar-refractivity contribution in [2.45, 2.75) is 43.9 Å². The van der Waals surface area contributed by atoms with E-state index in [0.717, 1.165) is 62.8 Å². The lowest BCUT2D eigenvalue weighted by atomic mass is 9.83. The van der Waals surface area contributed by atoms with Crippen LogP contribution < -0.4 is 5.32 Å². The van der Waals surface area contributed by atoms with Crippen molar-refractivity contribution in [2.24, 2.45) is 10.9 Å². The van der Waals surface area contributed by atoms with Crippen LogP contribution in [0.3, 0.4) is 0 Å². The van der Waals surface area contributed by atoms with Gasteiger partial charge in [-0.25, -0.2) is 9.67 Å². The zero-order valence-electron chi connectivity index (χ0n) is 15.0. The van der Waals surface area contributed by atoms with Gasteiger partial charge in [-0.1, -0.05) is 25.1 Å². The molecule has 1 aliphatic carbocycles. The number of aromatic nitrogens is 3. The van der Waals surface area contributed by atoms with E-state index < -0.39 is 0 Å². The van der Waals surface area contributed by atoms with Crippen LogP contribution >= 0.6 is 11.8 Å². The van der Waals surface area contributed by atoms with Gasteiger partial charge in [0.1, 0.15) is 0 Å². The lowest BCUT2D eigenvalue weighted by Crippen LogP contribution is -2.48. The summed E-state index contributed by atoms with van der Waals surface area (Å²) < 4.78 is 7.42. The lowest BCUT2D eigenvalue weighted by molar-refractivity contribution is 0.0382. The van der Waals surface area contributed by atoms with Crippen LogP contribution in [0.15, 0.2) is 10.1 Å². The highest BCUT2D eigenvalue weighted by molar-refractivity contribution is 7.99. The molecule has 1 saturated carbocycles. The number of thioether (sulfide) groups is 1. The van der Waals surface area contributed by atoms with E-state index in [0.29, 0.717) is 12.0 Å². The highest BCUT2D eigenvalue weighted by Crippen LogP contribution is 2.31. The largest absolute Gasteiger partial charge is 0.379 e. The van der Waals surface area contributed by atoms with E-state index >= 15 is 0 Å². The maximum absolute atomic E-state index is 5.42. The molecule has 2 atom stereocenters. The van der Waals surface area contributed by atoms with Crippen LogP contribution in [0.25, 0.3) is 0 Å². The normalized spacial score (nSPS) is 26.8. The minimum absolute atomic E-state index is 0.396. The van der Waals surface area contributed by atoms with Crippen molar-refractivity contribution in [3.63, 3.8) is 0 Å². The number of hydrogen-bond donors (Lipinski definition) is 1. The van der Waals surface area contributed by atoms with Gasteiger partial charge in [0.15, 0.2) is 0 Å². The SMILES string of the molecule is CCSc1nc2n(n1)CC1CCCC(NCCN3CCOCC3)C1=N2. The zero-order valence-corrected chi connectivity index (χ0v) is 15.8. The molecule has 1 aromatic heterocycles. The molecule has 2 fully saturated rings. The van der Waals surface area contributed by atoms with Crippen LogP contribution in [0.1, 0.15) is 26.2 Å². The molecule has 25 heavy (non-hydrogen) atoms. The summed E-state index contributed by atoms with van der Waals surface area (Å²) in [5.41, 5.74) is 1.31. The third-order valence-electron chi connectivity index (χ3n) is 5.27. The average Bonchev–Trinajstić information content (AvgIpc) is 3.02. The van der Waals surface area contributed by atoms with Gasteiger partial charge in [-0.05, 0) is 18.6 Å². The molecular formula is C17H28N6OS. The van der Waals surface area contributed by atoms with Gasteiger partial charge in [-0.3, -0.25) is 4.90 Å². The number of hydrogen-bond acceptors (Lipinski definition) is 7. The van der Waals surface area contributed by atoms with Crippen LogP contribution in [0.5, 0.6) is 0 Å². The van der Waals surface area contributed by atoms with Crippen molar-refractivity contribution in [3.05, 3.63) is 0 Å². The highest BCUT2D eigenvalue weighted by Gasteiger charge is 2.33. The molecule has 0 spiro atoms. The lowest BCUT2D eigenvalue weighted by Gasteiger charge is -2.34. The van der Waals surface area contributed by atoms with E-state index in [1.165, 1.54) is 25.0 Å². The fraction of sp³-hybridized carbons (Fsp3) is 0.824. The average molecular weight is 365 g/mol. The van der Waals surface area contributed by atoms with Crippen LogP contribution in [0.2, 0.25) is 0 Å². The van der Waals surface area contributed by atoms with E-state index in [1.54, 1.807) is 11.8 Å². The second-order valence-corrected chi connectivity index (χ2v) is 8.17. The van der Waals surface area contributed by atoms with E-state index in [9.17, 15) is 0 Å². The summed E-state index contributed by atoms with van der Waals surface area (Å²) in [6.45, 7) is 9.01. The third kappa shape index (κ3) is 4.07. The second-order valence-electron chi connectivity index (χ2n) is 6.93. The van der Waals surface area contributed by atoms with Gasteiger partial charge in [-0.2, -0.15) is 4.98 Å². The van der Waals surface area contributed by atoms with Crippen LogP contribution in [0.4, 0.5) is 5.95 Å². The van der Waals surface area contributed by atoms with Crippen molar-refractivity contribution < 1.29 is 4.74 Å². The molecule has 0 bridgehead atoms. The molecule has 2 aliphatic heterocycles. The standard InChI is InChI=1S/C17H28N6OS/c1-2-25-17-20-16-19-15-13(12-23(16)21-17)4-3-5-14(15)18-6-7-22-8-10-24-11-9-22/h13-14,18H,2-12H2,1H3. The van der Waals surface area contributed by atoms with Crippen LogP contribution in [-0.2, 0) is 11.3 Å². The number of aliphatic imine (C=N–C) groups is 1. The van der Waals surface area contributed by atoms with Crippen molar-refractivity contribution in [3.8, 4) is 0 Å². The molecule has 1 aromatic rings. The Labute approximate surface area is 153 Å². The Morgan fingerprint density at radius 2 is 2.16 bits per heavy atom. The summed E-state index contributed by atoms with van der Waals surface area (Å²) in [6, 6.07) is 0.396. The predicted molar refractivity (Wildman–Crippen MR) is 99.9 cm³/mol. The smallest absolute Gasteiger partial charge is 0.248 e. The summed E-state index contributed by atoms with van der Waals surface area (Å²) >= 11 is 1.69. The molecule has 0 radical (unpaired) electrons.